The molecule has 0 atom stereocenters. The van der Waals surface area contributed by atoms with E-state index in [2.05, 4.69) is 15.9 Å². The van der Waals surface area contributed by atoms with E-state index in [9.17, 15) is 9.59 Å². The number of pyridine rings is 1. The summed E-state index contributed by atoms with van der Waals surface area (Å²) < 4.78 is 18.3. The zero-order valence-corrected chi connectivity index (χ0v) is 18.7. The van der Waals surface area contributed by atoms with Crippen LogP contribution < -0.4 is 15.0 Å². The van der Waals surface area contributed by atoms with E-state index in [0.29, 0.717) is 27.8 Å². The number of benzene rings is 3. The number of rotatable bonds is 4. The van der Waals surface area contributed by atoms with Crippen LogP contribution in [0.1, 0.15) is 16.1 Å². The minimum atomic E-state index is -0.580. The van der Waals surface area contributed by atoms with Crippen molar-refractivity contribution >= 4 is 32.7 Å². The van der Waals surface area contributed by atoms with Crippen LogP contribution in [0, 0.1) is 0 Å². The van der Waals surface area contributed by atoms with Crippen molar-refractivity contribution in [3.8, 4) is 22.6 Å². The molecule has 5 rings (SSSR count). The highest BCUT2D eigenvalue weighted by atomic mass is 79.9. The van der Waals surface area contributed by atoms with Crippen LogP contribution in [-0.4, -0.2) is 24.4 Å². The van der Waals surface area contributed by atoms with Gasteiger partial charge in [0.15, 0.2) is 11.5 Å². The molecule has 0 radical (unpaired) electrons. The normalized spacial score (nSPS) is 12.2. The van der Waals surface area contributed by atoms with Crippen LogP contribution in [0.4, 0.5) is 0 Å². The molecule has 0 aliphatic carbocycles. The van der Waals surface area contributed by atoms with E-state index in [4.69, 9.17) is 14.2 Å². The van der Waals surface area contributed by atoms with Crippen LogP contribution >= 0.6 is 15.9 Å². The van der Waals surface area contributed by atoms with Crippen LogP contribution in [0.5, 0.6) is 11.5 Å². The summed E-state index contributed by atoms with van der Waals surface area (Å²) in [6.45, 7) is 0.334. The summed E-state index contributed by atoms with van der Waals surface area (Å²) in [5.41, 5.74) is 2.19. The molecule has 3 aromatic carbocycles. The van der Waals surface area contributed by atoms with Crippen LogP contribution in [-0.2, 0) is 11.3 Å². The van der Waals surface area contributed by atoms with Gasteiger partial charge in [-0.05, 0) is 46.8 Å². The fourth-order valence-electron chi connectivity index (χ4n) is 4.00. The van der Waals surface area contributed by atoms with E-state index >= 15 is 0 Å². The van der Waals surface area contributed by atoms with Crippen molar-refractivity contribution in [1.29, 1.82) is 0 Å². The van der Waals surface area contributed by atoms with Crippen molar-refractivity contribution in [1.82, 2.24) is 4.57 Å². The van der Waals surface area contributed by atoms with Gasteiger partial charge in [-0.1, -0.05) is 52.3 Å². The summed E-state index contributed by atoms with van der Waals surface area (Å²) in [4.78, 5) is 26.6. The molecular weight excluding hydrogens is 474 g/mol. The number of esters is 1. The zero-order chi connectivity index (χ0) is 22.2. The number of hydrogen-bond donors (Lipinski definition) is 0. The van der Waals surface area contributed by atoms with E-state index in [0.717, 1.165) is 15.6 Å². The molecule has 32 heavy (non-hydrogen) atoms. The molecule has 1 aromatic heterocycles. The van der Waals surface area contributed by atoms with Gasteiger partial charge in [0.2, 0.25) is 6.79 Å². The third-order valence-electron chi connectivity index (χ3n) is 5.45. The largest absolute Gasteiger partial charge is 0.464 e. The molecule has 0 saturated carbocycles. The molecule has 0 amide bonds. The summed E-state index contributed by atoms with van der Waals surface area (Å²) >= 11 is 3.49. The highest BCUT2D eigenvalue weighted by molar-refractivity contribution is 9.10. The maximum atomic E-state index is 13.6. The number of methoxy groups -OCH3 is 1. The molecule has 0 fully saturated rings. The SMILES string of the molecule is COC(=O)c1c(-c2ccccc2)c2cc(Br)ccc2c(=O)n1Cc1ccc2c(c1)OCO2. The van der Waals surface area contributed by atoms with Gasteiger partial charge in [0.25, 0.3) is 5.56 Å². The predicted molar refractivity (Wildman–Crippen MR) is 124 cm³/mol. The molecule has 160 valence electrons. The Hall–Kier alpha value is -3.58. The summed E-state index contributed by atoms with van der Waals surface area (Å²) in [5.74, 6) is 0.689. The summed E-state index contributed by atoms with van der Waals surface area (Å²) in [6, 6.07) is 20.5. The lowest BCUT2D eigenvalue weighted by Crippen LogP contribution is -2.28. The zero-order valence-electron chi connectivity index (χ0n) is 17.1. The first kappa shape index (κ1) is 20.3. The molecule has 0 bridgehead atoms. The second kappa shape index (κ2) is 8.16. The number of aromatic nitrogens is 1. The maximum absolute atomic E-state index is 13.6. The predicted octanol–water partition coefficient (Wildman–Crippen LogP) is 4.99. The first-order valence-electron chi connectivity index (χ1n) is 9.95. The number of carbonyl (C=O) groups is 1. The second-order valence-electron chi connectivity index (χ2n) is 7.35. The first-order chi connectivity index (χ1) is 15.6. The van der Waals surface area contributed by atoms with Gasteiger partial charge in [0.05, 0.1) is 13.7 Å². The van der Waals surface area contributed by atoms with E-state index in [1.165, 1.54) is 11.7 Å². The maximum Gasteiger partial charge on any atom is 0.355 e. The lowest BCUT2D eigenvalue weighted by Gasteiger charge is -2.19. The lowest BCUT2D eigenvalue weighted by atomic mass is 9.96. The summed E-state index contributed by atoms with van der Waals surface area (Å²) in [6.07, 6.45) is 0. The molecular formula is C25H18BrNO5. The molecule has 1 aliphatic heterocycles. The van der Waals surface area contributed by atoms with E-state index in [-0.39, 0.29) is 24.6 Å². The number of nitrogens with zero attached hydrogens (tertiary/aromatic N) is 1. The van der Waals surface area contributed by atoms with E-state index < -0.39 is 5.97 Å². The molecule has 1 aliphatic rings. The van der Waals surface area contributed by atoms with Crippen molar-refractivity contribution in [2.24, 2.45) is 0 Å². The van der Waals surface area contributed by atoms with Gasteiger partial charge in [-0.15, -0.1) is 0 Å². The Labute approximate surface area is 192 Å². The monoisotopic (exact) mass is 491 g/mol. The molecule has 4 aromatic rings. The third-order valence-corrected chi connectivity index (χ3v) is 5.95. The number of carbonyl (C=O) groups excluding carboxylic acids is 1. The Kier molecular flexibility index (Phi) is 5.19. The van der Waals surface area contributed by atoms with Crippen molar-refractivity contribution in [2.75, 3.05) is 13.9 Å². The smallest absolute Gasteiger partial charge is 0.355 e. The van der Waals surface area contributed by atoms with Gasteiger partial charge in [-0.3, -0.25) is 9.36 Å². The van der Waals surface area contributed by atoms with Crippen LogP contribution in [0.25, 0.3) is 21.9 Å². The van der Waals surface area contributed by atoms with E-state index in [1.54, 1.807) is 12.1 Å². The Balaban J connectivity index is 1.82. The molecule has 6 nitrogen and oxygen atoms in total. The van der Waals surface area contributed by atoms with Gasteiger partial charge >= 0.3 is 5.97 Å². The minimum absolute atomic E-state index is 0.162. The fraction of sp³-hybridized carbons (Fsp3) is 0.120. The van der Waals surface area contributed by atoms with Crippen molar-refractivity contribution in [2.45, 2.75) is 6.54 Å². The third kappa shape index (κ3) is 3.44. The topological polar surface area (TPSA) is 66.8 Å². The van der Waals surface area contributed by atoms with Crippen molar-refractivity contribution < 1.29 is 19.0 Å². The Morgan fingerprint density at radius 3 is 2.56 bits per heavy atom. The second-order valence-corrected chi connectivity index (χ2v) is 8.27. The number of hydrogen-bond acceptors (Lipinski definition) is 5. The highest BCUT2D eigenvalue weighted by Crippen LogP contribution is 2.35. The van der Waals surface area contributed by atoms with Crippen molar-refractivity contribution in [3.05, 3.63) is 92.8 Å². The summed E-state index contributed by atoms with van der Waals surface area (Å²) in [7, 11) is 1.32. The Bertz CT molecular complexity index is 1410. The van der Waals surface area contributed by atoms with Crippen LogP contribution in [0.2, 0.25) is 0 Å². The number of fused-ring (bicyclic) bond motifs is 2. The van der Waals surface area contributed by atoms with Gasteiger partial charge in [-0.2, -0.15) is 0 Å². The van der Waals surface area contributed by atoms with Gasteiger partial charge in [-0.25, -0.2) is 4.79 Å². The molecule has 0 N–H and O–H groups in total. The Morgan fingerprint density at radius 1 is 1.00 bits per heavy atom. The first-order valence-corrected chi connectivity index (χ1v) is 10.7. The molecule has 0 saturated heterocycles. The van der Waals surface area contributed by atoms with Crippen molar-refractivity contribution in [3.63, 3.8) is 0 Å². The molecule has 0 spiro atoms. The lowest BCUT2D eigenvalue weighted by molar-refractivity contribution is 0.0588. The van der Waals surface area contributed by atoms with Gasteiger partial charge in [0, 0.05) is 15.4 Å². The standard InChI is InChI=1S/C25H18BrNO5/c1-30-25(29)23-22(16-5-3-2-4-6-16)19-12-17(26)8-9-18(19)24(28)27(23)13-15-7-10-20-21(11-15)32-14-31-20/h2-12H,13-14H2,1H3. The molecule has 7 heteroatoms. The van der Waals surface area contributed by atoms with Crippen LogP contribution in [0.3, 0.4) is 0 Å². The quantitative estimate of drug-likeness (QED) is 0.376. The minimum Gasteiger partial charge on any atom is -0.464 e. The van der Waals surface area contributed by atoms with E-state index in [1.807, 2.05) is 54.6 Å². The van der Waals surface area contributed by atoms with Crippen LogP contribution in [0.15, 0.2) is 76.0 Å². The average Bonchev–Trinajstić information content (AvgIpc) is 3.28. The summed E-state index contributed by atoms with van der Waals surface area (Å²) in [5, 5.41) is 1.19. The molecule has 0 unspecified atom stereocenters. The number of halogens is 1. The Morgan fingerprint density at radius 2 is 1.78 bits per heavy atom. The average molecular weight is 492 g/mol. The van der Waals surface area contributed by atoms with Gasteiger partial charge in [0.1, 0.15) is 5.69 Å². The highest BCUT2D eigenvalue weighted by Gasteiger charge is 2.25. The number of ether oxygens (including phenoxy) is 3. The fourth-order valence-corrected chi connectivity index (χ4v) is 4.36. The molecule has 2 heterocycles. The van der Waals surface area contributed by atoms with Gasteiger partial charge < -0.3 is 14.2 Å².